The molecule has 0 heterocycles. The van der Waals surface area contributed by atoms with Crippen molar-refractivity contribution in [2.75, 3.05) is 0 Å². The molecule has 4 atom stereocenters. The molecule has 0 aliphatic heterocycles. The standard InChI is InChI=1S/C15H28N2O/c1-5-6-11(16)12(18)17-13-14(2,3)10-7-8-15(13,4)9-10/h10-11,13H,5-9,16H2,1-4H3,(H,17,18)/t10?,11-,13?,15?/m0/s1. The zero-order chi connectivity index (χ0) is 13.6. The summed E-state index contributed by atoms with van der Waals surface area (Å²) in [5.74, 6) is 0.805. The second-order valence-corrected chi connectivity index (χ2v) is 7.25. The third kappa shape index (κ3) is 2.07. The van der Waals surface area contributed by atoms with Gasteiger partial charge in [0.2, 0.25) is 5.91 Å². The van der Waals surface area contributed by atoms with Gasteiger partial charge in [0.25, 0.3) is 0 Å². The second kappa shape index (κ2) is 4.52. The normalized spacial score (nSPS) is 38.7. The summed E-state index contributed by atoms with van der Waals surface area (Å²) in [5, 5.41) is 3.26. The Hall–Kier alpha value is -0.570. The number of nitrogens with one attached hydrogen (secondary N) is 1. The predicted molar refractivity (Wildman–Crippen MR) is 74.0 cm³/mol. The first-order valence-electron chi connectivity index (χ1n) is 7.37. The highest BCUT2D eigenvalue weighted by Crippen LogP contribution is 2.62. The fraction of sp³-hybridized carbons (Fsp3) is 0.933. The molecule has 0 spiro atoms. The van der Waals surface area contributed by atoms with Crippen LogP contribution in [0, 0.1) is 16.7 Å². The van der Waals surface area contributed by atoms with Gasteiger partial charge < -0.3 is 11.1 Å². The monoisotopic (exact) mass is 252 g/mol. The van der Waals surface area contributed by atoms with Crippen LogP contribution in [0.1, 0.15) is 59.8 Å². The van der Waals surface area contributed by atoms with E-state index in [9.17, 15) is 4.79 Å². The highest BCUT2D eigenvalue weighted by Gasteiger charge is 2.59. The Labute approximate surface area is 111 Å². The maximum atomic E-state index is 12.2. The predicted octanol–water partition coefficient (Wildman–Crippen LogP) is 2.44. The molecule has 0 aromatic carbocycles. The van der Waals surface area contributed by atoms with Gasteiger partial charge in [-0.2, -0.15) is 0 Å². The van der Waals surface area contributed by atoms with Gasteiger partial charge in [-0.15, -0.1) is 0 Å². The molecule has 18 heavy (non-hydrogen) atoms. The smallest absolute Gasteiger partial charge is 0.237 e. The SMILES string of the molecule is CCC[C@H](N)C(=O)NC1C2(C)CCC(C2)C1(C)C. The molecule has 0 aromatic rings. The van der Waals surface area contributed by atoms with Crippen LogP contribution in [0.2, 0.25) is 0 Å². The summed E-state index contributed by atoms with van der Waals surface area (Å²) in [6.07, 6.45) is 5.56. The summed E-state index contributed by atoms with van der Waals surface area (Å²) in [7, 11) is 0. The van der Waals surface area contributed by atoms with Crippen LogP contribution in [0.4, 0.5) is 0 Å². The van der Waals surface area contributed by atoms with Crippen LogP contribution in [-0.4, -0.2) is 18.0 Å². The molecule has 2 bridgehead atoms. The first-order valence-corrected chi connectivity index (χ1v) is 7.37. The molecular formula is C15H28N2O. The van der Waals surface area contributed by atoms with E-state index < -0.39 is 0 Å². The average Bonchev–Trinajstić information content (AvgIpc) is 2.75. The lowest BCUT2D eigenvalue weighted by atomic mass is 9.68. The fourth-order valence-corrected chi connectivity index (χ4v) is 4.35. The van der Waals surface area contributed by atoms with Crippen LogP contribution in [0.5, 0.6) is 0 Å². The van der Waals surface area contributed by atoms with Crippen LogP contribution in [-0.2, 0) is 4.79 Å². The van der Waals surface area contributed by atoms with E-state index >= 15 is 0 Å². The zero-order valence-electron chi connectivity index (χ0n) is 12.3. The zero-order valence-corrected chi connectivity index (χ0v) is 12.3. The number of carbonyl (C=O) groups excluding carboxylic acids is 1. The highest BCUT2D eigenvalue weighted by molar-refractivity contribution is 5.82. The van der Waals surface area contributed by atoms with Crippen LogP contribution in [0.15, 0.2) is 0 Å². The van der Waals surface area contributed by atoms with E-state index in [4.69, 9.17) is 5.73 Å². The Morgan fingerprint density at radius 1 is 1.44 bits per heavy atom. The first kappa shape index (κ1) is 13.9. The van der Waals surface area contributed by atoms with Gasteiger partial charge in [0.1, 0.15) is 0 Å². The van der Waals surface area contributed by atoms with E-state index in [1.807, 2.05) is 0 Å². The second-order valence-electron chi connectivity index (χ2n) is 7.25. The van der Waals surface area contributed by atoms with Crippen molar-refractivity contribution in [2.45, 2.75) is 71.9 Å². The van der Waals surface area contributed by atoms with Crippen LogP contribution < -0.4 is 11.1 Å². The van der Waals surface area contributed by atoms with Gasteiger partial charge in [-0.3, -0.25) is 4.79 Å². The van der Waals surface area contributed by atoms with Gasteiger partial charge in [0.15, 0.2) is 0 Å². The summed E-state index contributed by atoms with van der Waals surface area (Å²) >= 11 is 0. The lowest BCUT2D eigenvalue weighted by molar-refractivity contribution is -0.125. The molecule has 0 aromatic heterocycles. The van der Waals surface area contributed by atoms with Gasteiger partial charge in [-0.1, -0.05) is 34.1 Å². The Balaban J connectivity index is 2.07. The van der Waals surface area contributed by atoms with Gasteiger partial charge in [0.05, 0.1) is 6.04 Å². The van der Waals surface area contributed by atoms with Crippen LogP contribution in [0.3, 0.4) is 0 Å². The number of carbonyl (C=O) groups is 1. The Morgan fingerprint density at radius 3 is 2.61 bits per heavy atom. The number of fused-ring (bicyclic) bond motifs is 2. The maximum Gasteiger partial charge on any atom is 0.237 e. The summed E-state index contributed by atoms with van der Waals surface area (Å²) in [6, 6.07) is -0.0484. The molecule has 3 nitrogen and oxygen atoms in total. The lowest BCUT2D eigenvalue weighted by Gasteiger charge is -2.43. The molecule has 2 fully saturated rings. The van der Waals surface area contributed by atoms with Crippen molar-refractivity contribution in [1.82, 2.24) is 5.32 Å². The molecule has 0 saturated heterocycles. The van der Waals surface area contributed by atoms with Gasteiger partial charge in [-0.25, -0.2) is 0 Å². The molecule has 2 aliphatic carbocycles. The number of hydrogen-bond donors (Lipinski definition) is 2. The summed E-state index contributed by atoms with van der Waals surface area (Å²) in [6.45, 7) is 9.00. The van der Waals surface area contributed by atoms with Gasteiger partial charge in [-0.05, 0) is 42.4 Å². The van der Waals surface area contributed by atoms with E-state index in [0.29, 0.717) is 6.04 Å². The fourth-order valence-electron chi connectivity index (χ4n) is 4.35. The van der Waals surface area contributed by atoms with Crippen molar-refractivity contribution in [1.29, 1.82) is 0 Å². The van der Waals surface area contributed by atoms with Crippen molar-refractivity contribution in [2.24, 2.45) is 22.5 Å². The Bertz CT molecular complexity index is 335. The molecule has 104 valence electrons. The van der Waals surface area contributed by atoms with Crippen molar-refractivity contribution >= 4 is 5.91 Å². The molecular weight excluding hydrogens is 224 g/mol. The van der Waals surface area contributed by atoms with Crippen molar-refractivity contribution in [3.05, 3.63) is 0 Å². The molecule has 2 rings (SSSR count). The molecule has 3 heteroatoms. The van der Waals surface area contributed by atoms with Crippen LogP contribution in [0.25, 0.3) is 0 Å². The number of amides is 1. The van der Waals surface area contributed by atoms with Crippen molar-refractivity contribution in [3.8, 4) is 0 Å². The largest absolute Gasteiger partial charge is 0.351 e. The van der Waals surface area contributed by atoms with E-state index in [1.54, 1.807) is 0 Å². The molecule has 2 aliphatic rings. The van der Waals surface area contributed by atoms with E-state index in [1.165, 1.54) is 19.3 Å². The van der Waals surface area contributed by atoms with Crippen molar-refractivity contribution < 1.29 is 4.79 Å². The topological polar surface area (TPSA) is 55.1 Å². The Kier molecular flexibility index (Phi) is 3.48. The van der Waals surface area contributed by atoms with Gasteiger partial charge >= 0.3 is 0 Å². The lowest BCUT2D eigenvalue weighted by Crippen LogP contribution is -2.55. The summed E-state index contributed by atoms with van der Waals surface area (Å²) < 4.78 is 0. The minimum absolute atomic E-state index is 0.0451. The van der Waals surface area contributed by atoms with Crippen LogP contribution >= 0.6 is 0 Å². The Morgan fingerprint density at radius 2 is 2.11 bits per heavy atom. The number of nitrogens with two attached hydrogens (primary N) is 1. The highest BCUT2D eigenvalue weighted by atomic mass is 16.2. The maximum absolute atomic E-state index is 12.2. The van der Waals surface area contributed by atoms with E-state index in [0.717, 1.165) is 18.8 Å². The quantitative estimate of drug-likeness (QED) is 0.807. The van der Waals surface area contributed by atoms with E-state index in [-0.39, 0.29) is 22.8 Å². The molecule has 2 saturated carbocycles. The third-order valence-electron chi connectivity index (χ3n) is 5.49. The van der Waals surface area contributed by atoms with Gasteiger partial charge in [0, 0.05) is 6.04 Å². The first-order chi connectivity index (χ1) is 8.31. The number of rotatable bonds is 4. The molecule has 3 N–H and O–H groups in total. The molecule has 3 unspecified atom stereocenters. The number of hydrogen-bond acceptors (Lipinski definition) is 2. The minimum Gasteiger partial charge on any atom is -0.351 e. The average molecular weight is 252 g/mol. The van der Waals surface area contributed by atoms with Crippen molar-refractivity contribution in [3.63, 3.8) is 0 Å². The molecule has 1 amide bonds. The summed E-state index contributed by atoms with van der Waals surface area (Å²) in [4.78, 5) is 12.2. The third-order valence-corrected chi connectivity index (χ3v) is 5.49. The molecule has 0 radical (unpaired) electrons. The van der Waals surface area contributed by atoms with E-state index in [2.05, 4.69) is 33.0 Å². The summed E-state index contributed by atoms with van der Waals surface area (Å²) in [5.41, 5.74) is 6.43. The minimum atomic E-state index is -0.339.